The number of nitrogens with one attached hydrogen (secondary N) is 3. The van der Waals surface area contributed by atoms with Crippen LogP contribution in [-0.2, 0) is 6.42 Å². The number of nitrogens with zero attached hydrogens (tertiary/aromatic N) is 4. The Morgan fingerprint density at radius 2 is 2.09 bits per heavy atom. The predicted molar refractivity (Wildman–Crippen MR) is 124 cm³/mol. The van der Waals surface area contributed by atoms with Gasteiger partial charge in [-0.05, 0) is 18.9 Å². The number of anilines is 2. The van der Waals surface area contributed by atoms with Gasteiger partial charge in [-0.3, -0.25) is 4.98 Å². The number of aliphatic hydroxyl groups is 1. The summed E-state index contributed by atoms with van der Waals surface area (Å²) in [6, 6.07) is 3.71. The molecule has 3 aromatic rings. The maximum Gasteiger partial charge on any atom is 0.134 e. The van der Waals surface area contributed by atoms with Crippen LogP contribution in [0.3, 0.4) is 0 Å². The highest BCUT2D eigenvalue weighted by Gasteiger charge is 2.19. The van der Waals surface area contributed by atoms with Crippen LogP contribution >= 0.6 is 0 Å². The number of aromatic nitrogens is 4. The van der Waals surface area contributed by atoms with Crippen molar-refractivity contribution in [1.29, 1.82) is 5.41 Å². The van der Waals surface area contributed by atoms with E-state index in [-0.39, 0.29) is 12.5 Å². The molecule has 0 spiro atoms. The van der Waals surface area contributed by atoms with E-state index in [1.807, 2.05) is 24.5 Å². The van der Waals surface area contributed by atoms with E-state index < -0.39 is 0 Å². The van der Waals surface area contributed by atoms with Gasteiger partial charge in [0, 0.05) is 72.1 Å². The average Bonchev–Trinajstić information content (AvgIpc) is 2.85. The number of hydrogen-bond acceptors (Lipinski definition) is 9. The van der Waals surface area contributed by atoms with Crippen molar-refractivity contribution in [2.75, 3.05) is 36.9 Å². The van der Waals surface area contributed by atoms with Crippen LogP contribution in [0.15, 0.2) is 37.1 Å². The quantitative estimate of drug-likeness (QED) is 0.379. The molecule has 0 aromatic carbocycles. The van der Waals surface area contributed by atoms with Crippen LogP contribution in [-0.4, -0.2) is 57.6 Å². The lowest BCUT2D eigenvalue weighted by Crippen LogP contribution is -2.16. The summed E-state index contributed by atoms with van der Waals surface area (Å²) >= 11 is 0. The van der Waals surface area contributed by atoms with E-state index in [9.17, 15) is 0 Å². The zero-order chi connectivity index (χ0) is 22.3. The van der Waals surface area contributed by atoms with Gasteiger partial charge in [-0.25, -0.2) is 15.0 Å². The minimum absolute atomic E-state index is 0.00575. The Labute approximate surface area is 186 Å². The molecule has 1 aliphatic heterocycles. The number of ether oxygens (including phenoxy) is 1. The maximum atomic E-state index is 8.99. The van der Waals surface area contributed by atoms with Crippen molar-refractivity contribution >= 4 is 17.9 Å². The fraction of sp³-hybridized carbons (Fsp3) is 0.348. The first-order chi connectivity index (χ1) is 15.7. The fourth-order valence-electron chi connectivity index (χ4n) is 3.69. The minimum atomic E-state index is -0.00575. The highest BCUT2D eigenvalue weighted by atomic mass is 16.5. The van der Waals surface area contributed by atoms with E-state index in [2.05, 4.69) is 37.5 Å². The standard InChI is InChI=1S/C23H27N7O2/c1-15(19-13-25-11-16-3-2-6-32-22(16)19)10-27-21-8-20(29-14-30-21)18-7-17(9-24)23(28-12-18)26-4-5-31/h7-9,11-15,24,31H,2-6,10H2,1H3,(H,26,28)(H,27,29,30). The van der Waals surface area contributed by atoms with Crippen LogP contribution in [0.25, 0.3) is 11.3 Å². The lowest BCUT2D eigenvalue weighted by Gasteiger charge is -2.23. The molecule has 1 atom stereocenters. The second kappa shape index (κ2) is 10.1. The molecule has 9 nitrogen and oxygen atoms in total. The van der Waals surface area contributed by atoms with Crippen molar-refractivity contribution in [2.24, 2.45) is 0 Å². The van der Waals surface area contributed by atoms with Crippen LogP contribution in [0, 0.1) is 5.41 Å². The topological polar surface area (TPSA) is 129 Å². The van der Waals surface area contributed by atoms with Gasteiger partial charge in [0.25, 0.3) is 0 Å². The SMILES string of the molecule is CC(CNc1cc(-c2cnc(NCCO)c(C=N)c2)ncn1)c1cncc2c1OCCC2. The van der Waals surface area contributed by atoms with Crippen LogP contribution in [0.2, 0.25) is 0 Å². The minimum Gasteiger partial charge on any atom is -0.493 e. The van der Waals surface area contributed by atoms with Gasteiger partial charge in [0.15, 0.2) is 0 Å². The molecule has 166 valence electrons. The Morgan fingerprint density at radius 3 is 2.94 bits per heavy atom. The first-order valence-corrected chi connectivity index (χ1v) is 10.7. The van der Waals surface area contributed by atoms with Gasteiger partial charge in [-0.1, -0.05) is 6.92 Å². The number of fused-ring (bicyclic) bond motifs is 1. The van der Waals surface area contributed by atoms with Gasteiger partial charge in [0.05, 0.1) is 18.9 Å². The molecule has 0 saturated heterocycles. The van der Waals surface area contributed by atoms with Gasteiger partial charge in [0.1, 0.15) is 23.7 Å². The summed E-state index contributed by atoms with van der Waals surface area (Å²) < 4.78 is 5.92. The molecule has 0 aliphatic carbocycles. The second-order valence-electron chi connectivity index (χ2n) is 7.70. The third-order valence-electron chi connectivity index (χ3n) is 5.39. The highest BCUT2D eigenvalue weighted by Crippen LogP contribution is 2.33. The largest absolute Gasteiger partial charge is 0.493 e. The zero-order valence-corrected chi connectivity index (χ0v) is 18.0. The van der Waals surface area contributed by atoms with Crippen LogP contribution < -0.4 is 15.4 Å². The summed E-state index contributed by atoms with van der Waals surface area (Å²) in [7, 11) is 0. The third-order valence-corrected chi connectivity index (χ3v) is 5.39. The van der Waals surface area contributed by atoms with Gasteiger partial charge in [-0.2, -0.15) is 0 Å². The molecule has 0 radical (unpaired) electrons. The predicted octanol–water partition coefficient (Wildman–Crippen LogP) is 2.88. The van der Waals surface area contributed by atoms with Gasteiger partial charge >= 0.3 is 0 Å². The normalized spacial score (nSPS) is 13.6. The number of hydrogen-bond donors (Lipinski definition) is 4. The number of aryl methyl sites for hydroxylation is 1. The molecule has 9 heteroatoms. The first kappa shape index (κ1) is 21.6. The van der Waals surface area contributed by atoms with Crippen molar-refractivity contribution in [1.82, 2.24) is 19.9 Å². The molecule has 0 bridgehead atoms. The molecule has 0 amide bonds. The van der Waals surface area contributed by atoms with Crippen LogP contribution in [0.4, 0.5) is 11.6 Å². The summed E-state index contributed by atoms with van der Waals surface area (Å²) in [6.07, 6.45) is 10.3. The highest BCUT2D eigenvalue weighted by molar-refractivity contribution is 5.86. The Morgan fingerprint density at radius 1 is 1.19 bits per heavy atom. The van der Waals surface area contributed by atoms with Crippen molar-refractivity contribution in [2.45, 2.75) is 25.7 Å². The van der Waals surface area contributed by atoms with Crippen molar-refractivity contribution < 1.29 is 9.84 Å². The summed E-state index contributed by atoms with van der Waals surface area (Å²) in [5.74, 6) is 2.43. The Hall–Kier alpha value is -3.59. The fourth-order valence-corrected chi connectivity index (χ4v) is 3.69. The third kappa shape index (κ3) is 4.83. The molecule has 4 heterocycles. The van der Waals surface area contributed by atoms with Crippen LogP contribution in [0.1, 0.15) is 36.0 Å². The van der Waals surface area contributed by atoms with E-state index >= 15 is 0 Å². The van der Waals surface area contributed by atoms with E-state index in [1.54, 1.807) is 6.20 Å². The molecule has 32 heavy (non-hydrogen) atoms. The Bertz CT molecular complexity index is 1090. The zero-order valence-electron chi connectivity index (χ0n) is 18.0. The van der Waals surface area contributed by atoms with Gasteiger partial charge in [0.2, 0.25) is 0 Å². The molecule has 4 rings (SSSR count). The monoisotopic (exact) mass is 433 g/mol. The summed E-state index contributed by atoms with van der Waals surface area (Å²) in [4.78, 5) is 17.5. The van der Waals surface area contributed by atoms with Crippen molar-refractivity contribution in [3.8, 4) is 17.0 Å². The lowest BCUT2D eigenvalue weighted by molar-refractivity contribution is 0.283. The molecule has 4 N–H and O–H groups in total. The molecule has 0 saturated carbocycles. The Kier molecular flexibility index (Phi) is 6.86. The average molecular weight is 434 g/mol. The van der Waals surface area contributed by atoms with Crippen molar-refractivity contribution in [3.63, 3.8) is 0 Å². The van der Waals surface area contributed by atoms with E-state index in [0.717, 1.165) is 36.3 Å². The summed E-state index contributed by atoms with van der Waals surface area (Å²) in [6.45, 7) is 3.93. The summed E-state index contributed by atoms with van der Waals surface area (Å²) in [5, 5.41) is 23.0. The van der Waals surface area contributed by atoms with Crippen LogP contribution in [0.5, 0.6) is 5.75 Å². The maximum absolute atomic E-state index is 8.99. The van der Waals surface area contributed by atoms with E-state index in [0.29, 0.717) is 36.0 Å². The van der Waals surface area contributed by atoms with Crippen molar-refractivity contribution in [3.05, 3.63) is 53.7 Å². The van der Waals surface area contributed by atoms with E-state index in [1.165, 1.54) is 18.1 Å². The number of aliphatic hydroxyl groups excluding tert-OH is 1. The molecule has 3 aromatic heterocycles. The summed E-state index contributed by atoms with van der Waals surface area (Å²) in [5.41, 5.74) is 4.40. The molecular formula is C23H27N7O2. The number of pyridine rings is 2. The Balaban J connectivity index is 1.48. The molecular weight excluding hydrogens is 406 g/mol. The molecule has 0 fully saturated rings. The first-order valence-electron chi connectivity index (χ1n) is 10.7. The molecule has 1 aliphatic rings. The smallest absolute Gasteiger partial charge is 0.134 e. The van der Waals surface area contributed by atoms with Gasteiger partial charge < -0.3 is 25.9 Å². The second-order valence-corrected chi connectivity index (χ2v) is 7.70. The van der Waals surface area contributed by atoms with Gasteiger partial charge in [-0.15, -0.1) is 0 Å². The number of rotatable bonds is 9. The lowest BCUT2D eigenvalue weighted by atomic mass is 9.97. The van der Waals surface area contributed by atoms with E-state index in [4.69, 9.17) is 15.3 Å². The molecule has 1 unspecified atom stereocenters.